The molecule has 0 heterocycles. The average molecular weight is 361 g/mol. The Kier molecular flexibility index (Phi) is 9.76. The highest BCUT2D eigenvalue weighted by molar-refractivity contribution is 5.79. The van der Waals surface area contributed by atoms with Crippen LogP contribution in [0.25, 0.3) is 0 Å². The predicted octanol–water partition coefficient (Wildman–Crippen LogP) is 2.76. The Morgan fingerprint density at radius 1 is 1.16 bits per heavy atom. The number of benzene rings is 1. The van der Waals surface area contributed by atoms with Gasteiger partial charge in [-0.1, -0.05) is 12.1 Å². The number of methoxy groups -OCH3 is 1. The maximum Gasteiger partial charge on any atom is 0.411 e. The van der Waals surface area contributed by atoms with Crippen LogP contribution in [-0.4, -0.2) is 52.1 Å². The lowest BCUT2D eigenvalue weighted by Gasteiger charge is -2.12. The molecule has 0 unspecified atom stereocenters. The normalized spacial score (nSPS) is 12.1. The molecule has 0 spiro atoms. The zero-order chi connectivity index (χ0) is 18.5. The minimum absolute atomic E-state index is 0.0360. The second kappa shape index (κ2) is 11.6. The molecule has 0 radical (unpaired) electrons. The third kappa shape index (κ3) is 10.5. The molecule has 0 amide bonds. The van der Waals surface area contributed by atoms with E-state index in [1.165, 1.54) is 5.56 Å². The Morgan fingerprint density at radius 2 is 1.88 bits per heavy atom. The van der Waals surface area contributed by atoms with Gasteiger partial charge in [-0.25, -0.2) is 0 Å². The number of hydrogen-bond acceptors (Lipinski definition) is 3. The van der Waals surface area contributed by atoms with Crippen LogP contribution >= 0.6 is 0 Å². The Hall–Kier alpha value is -1.96. The lowest BCUT2D eigenvalue weighted by atomic mass is 10.1. The van der Waals surface area contributed by atoms with Gasteiger partial charge in [0.05, 0.1) is 7.11 Å². The Labute approximate surface area is 146 Å². The van der Waals surface area contributed by atoms with Crippen LogP contribution in [0, 0.1) is 0 Å². The van der Waals surface area contributed by atoms with E-state index in [-0.39, 0.29) is 6.61 Å². The molecule has 0 atom stereocenters. The zero-order valence-corrected chi connectivity index (χ0v) is 14.7. The van der Waals surface area contributed by atoms with Crippen LogP contribution in [0.1, 0.15) is 18.9 Å². The smallest absolute Gasteiger partial charge is 0.411 e. The number of rotatable bonds is 10. The number of alkyl halides is 3. The van der Waals surface area contributed by atoms with Crippen LogP contribution in [0.4, 0.5) is 13.2 Å². The number of hydrogen-bond donors (Lipinski definition) is 2. The number of nitrogens with one attached hydrogen (secondary N) is 2. The quantitative estimate of drug-likeness (QED) is 0.382. The topological polar surface area (TPSA) is 54.9 Å². The molecule has 0 aliphatic carbocycles. The summed E-state index contributed by atoms with van der Waals surface area (Å²) in [5, 5.41) is 6.30. The molecule has 0 aliphatic heterocycles. The third-order valence-electron chi connectivity index (χ3n) is 3.19. The van der Waals surface area contributed by atoms with Crippen LogP contribution in [-0.2, 0) is 11.2 Å². The lowest BCUT2D eigenvalue weighted by molar-refractivity contribution is -0.173. The second-order valence-electron chi connectivity index (χ2n) is 5.31. The van der Waals surface area contributed by atoms with Gasteiger partial charge in [-0.15, -0.1) is 0 Å². The molecule has 0 aromatic heterocycles. The molecule has 1 aromatic rings. The average Bonchev–Trinajstić information content (AvgIpc) is 2.57. The van der Waals surface area contributed by atoms with Gasteiger partial charge in [-0.3, -0.25) is 4.99 Å². The molecule has 0 fully saturated rings. The Bertz CT molecular complexity index is 505. The largest absolute Gasteiger partial charge is 0.497 e. The molecular formula is C17H26F3N3O2. The highest BCUT2D eigenvalue weighted by atomic mass is 19.4. The molecule has 0 saturated carbocycles. The first kappa shape index (κ1) is 21.1. The lowest BCUT2D eigenvalue weighted by Crippen LogP contribution is -2.38. The summed E-state index contributed by atoms with van der Waals surface area (Å²) >= 11 is 0. The Morgan fingerprint density at radius 3 is 2.48 bits per heavy atom. The fourth-order valence-corrected chi connectivity index (χ4v) is 2.00. The van der Waals surface area contributed by atoms with E-state index in [0.717, 1.165) is 12.2 Å². The van der Waals surface area contributed by atoms with Crippen LogP contribution in [0.2, 0.25) is 0 Å². The van der Waals surface area contributed by atoms with Crippen molar-refractivity contribution in [1.82, 2.24) is 10.6 Å². The SMILES string of the molecule is CCNC(=NCCCOCC(F)(F)F)NCCc1ccc(OC)cc1. The maximum atomic E-state index is 11.9. The summed E-state index contributed by atoms with van der Waals surface area (Å²) in [6.45, 7) is 2.58. The molecular weight excluding hydrogens is 335 g/mol. The van der Waals surface area contributed by atoms with Crippen molar-refractivity contribution in [3.63, 3.8) is 0 Å². The van der Waals surface area contributed by atoms with Gasteiger partial charge in [0.1, 0.15) is 12.4 Å². The summed E-state index contributed by atoms with van der Waals surface area (Å²) in [4.78, 5) is 4.32. The van der Waals surface area contributed by atoms with Crippen molar-refractivity contribution in [3.8, 4) is 5.75 Å². The van der Waals surface area contributed by atoms with Gasteiger partial charge in [0.15, 0.2) is 5.96 Å². The monoisotopic (exact) mass is 361 g/mol. The van der Waals surface area contributed by atoms with Crippen molar-refractivity contribution >= 4 is 5.96 Å². The van der Waals surface area contributed by atoms with Crippen molar-refractivity contribution in [2.45, 2.75) is 25.9 Å². The third-order valence-corrected chi connectivity index (χ3v) is 3.19. The van der Waals surface area contributed by atoms with Crippen LogP contribution in [0.5, 0.6) is 5.75 Å². The van der Waals surface area contributed by atoms with E-state index in [0.29, 0.717) is 32.0 Å². The highest BCUT2D eigenvalue weighted by Gasteiger charge is 2.27. The first-order chi connectivity index (χ1) is 11.9. The van der Waals surface area contributed by atoms with Gasteiger partial charge in [0, 0.05) is 26.2 Å². The van der Waals surface area contributed by atoms with Gasteiger partial charge in [0.2, 0.25) is 0 Å². The van der Waals surface area contributed by atoms with E-state index in [1.54, 1.807) is 7.11 Å². The minimum atomic E-state index is -4.28. The molecule has 142 valence electrons. The first-order valence-corrected chi connectivity index (χ1v) is 8.24. The van der Waals surface area contributed by atoms with E-state index in [2.05, 4.69) is 20.4 Å². The Balaban J connectivity index is 2.27. The number of guanidine groups is 1. The summed E-state index contributed by atoms with van der Waals surface area (Å²) in [6.07, 6.45) is -3.02. The van der Waals surface area contributed by atoms with Crippen molar-refractivity contribution in [3.05, 3.63) is 29.8 Å². The summed E-state index contributed by atoms with van der Waals surface area (Å²) < 4.78 is 45.5. The number of aliphatic imine (C=N–C) groups is 1. The van der Waals surface area contributed by atoms with Gasteiger partial charge >= 0.3 is 6.18 Å². The van der Waals surface area contributed by atoms with Gasteiger partial charge in [-0.2, -0.15) is 13.2 Å². The molecule has 0 saturated heterocycles. The first-order valence-electron chi connectivity index (χ1n) is 8.24. The number of ether oxygens (including phenoxy) is 2. The molecule has 0 bridgehead atoms. The van der Waals surface area contributed by atoms with Crippen molar-refractivity contribution in [1.29, 1.82) is 0 Å². The molecule has 8 heteroatoms. The second-order valence-corrected chi connectivity index (χ2v) is 5.31. The number of nitrogens with zero attached hydrogens (tertiary/aromatic N) is 1. The maximum absolute atomic E-state index is 11.9. The molecule has 5 nitrogen and oxygen atoms in total. The van der Waals surface area contributed by atoms with Crippen molar-refractivity contribution < 1.29 is 22.6 Å². The van der Waals surface area contributed by atoms with Crippen LogP contribution in [0.3, 0.4) is 0 Å². The highest BCUT2D eigenvalue weighted by Crippen LogP contribution is 2.14. The van der Waals surface area contributed by atoms with E-state index in [9.17, 15) is 13.2 Å². The summed E-state index contributed by atoms with van der Waals surface area (Å²) in [5.74, 6) is 1.46. The number of halogens is 3. The zero-order valence-electron chi connectivity index (χ0n) is 14.7. The summed E-state index contributed by atoms with van der Waals surface area (Å²) in [7, 11) is 1.63. The molecule has 2 N–H and O–H groups in total. The van der Waals surface area contributed by atoms with Crippen molar-refractivity contribution in [2.75, 3.05) is 40.0 Å². The summed E-state index contributed by atoms with van der Waals surface area (Å²) in [6, 6.07) is 7.83. The van der Waals surface area contributed by atoms with Crippen LogP contribution < -0.4 is 15.4 Å². The molecule has 0 aliphatic rings. The molecule has 25 heavy (non-hydrogen) atoms. The van der Waals surface area contributed by atoms with Gasteiger partial charge in [0.25, 0.3) is 0 Å². The van der Waals surface area contributed by atoms with E-state index in [4.69, 9.17) is 4.74 Å². The van der Waals surface area contributed by atoms with Crippen LogP contribution in [0.15, 0.2) is 29.3 Å². The summed E-state index contributed by atoms with van der Waals surface area (Å²) in [5.41, 5.74) is 1.17. The van der Waals surface area contributed by atoms with Gasteiger partial charge in [-0.05, 0) is 37.5 Å². The fraction of sp³-hybridized carbons (Fsp3) is 0.588. The standard InChI is InChI=1S/C17H26F3N3O2/c1-3-21-16(22-10-4-12-25-13-17(18,19)20)23-11-9-14-5-7-15(24-2)8-6-14/h5-8H,3-4,9-13H2,1-2H3,(H2,21,22,23). The van der Waals surface area contributed by atoms with E-state index in [1.807, 2.05) is 31.2 Å². The van der Waals surface area contributed by atoms with E-state index >= 15 is 0 Å². The van der Waals surface area contributed by atoms with Gasteiger partial charge < -0.3 is 20.1 Å². The minimum Gasteiger partial charge on any atom is -0.497 e. The predicted molar refractivity (Wildman–Crippen MR) is 92.2 cm³/mol. The fourth-order valence-electron chi connectivity index (χ4n) is 2.00. The van der Waals surface area contributed by atoms with E-state index < -0.39 is 12.8 Å². The van der Waals surface area contributed by atoms with Crippen molar-refractivity contribution in [2.24, 2.45) is 4.99 Å². The molecule has 1 aromatic carbocycles. The molecule has 1 rings (SSSR count).